The summed E-state index contributed by atoms with van der Waals surface area (Å²) in [7, 11) is 2.20. The van der Waals surface area contributed by atoms with E-state index < -0.39 is 0 Å². The molecular weight excluding hydrogens is 256 g/mol. The van der Waals surface area contributed by atoms with Crippen LogP contribution in [0.5, 0.6) is 0 Å². The molecule has 4 heteroatoms. The molecule has 3 nitrogen and oxygen atoms in total. The van der Waals surface area contributed by atoms with E-state index in [1.54, 1.807) is 0 Å². The maximum Gasteiger partial charge on any atom is 0.0600 e. The minimum Gasteiger partial charge on any atom is -0.377 e. The molecule has 1 aromatic heterocycles. The molecule has 1 aliphatic rings. The van der Waals surface area contributed by atoms with Crippen LogP contribution in [0.1, 0.15) is 24.6 Å². The summed E-state index contributed by atoms with van der Waals surface area (Å²) in [5, 5.41) is 5.52. The van der Waals surface area contributed by atoms with Gasteiger partial charge in [0.15, 0.2) is 0 Å². The third-order valence-electron chi connectivity index (χ3n) is 3.91. The van der Waals surface area contributed by atoms with E-state index in [2.05, 4.69) is 41.7 Å². The Morgan fingerprint density at radius 3 is 2.95 bits per heavy atom. The molecule has 1 unspecified atom stereocenters. The van der Waals surface area contributed by atoms with Crippen LogP contribution in [-0.4, -0.2) is 50.3 Å². The topological polar surface area (TPSA) is 24.5 Å². The first-order valence-corrected chi connectivity index (χ1v) is 8.18. The van der Waals surface area contributed by atoms with Gasteiger partial charge in [-0.3, -0.25) is 0 Å². The van der Waals surface area contributed by atoms with Crippen LogP contribution >= 0.6 is 11.3 Å². The third-order valence-corrected chi connectivity index (χ3v) is 4.81. The minimum absolute atomic E-state index is 0.474. The van der Waals surface area contributed by atoms with Crippen LogP contribution in [0.3, 0.4) is 0 Å². The summed E-state index contributed by atoms with van der Waals surface area (Å²) in [6.07, 6.45) is 3.94. The summed E-state index contributed by atoms with van der Waals surface area (Å²) in [5.74, 6) is 0. The number of thiophene rings is 1. The Morgan fingerprint density at radius 1 is 1.47 bits per heavy atom. The Labute approximate surface area is 121 Å². The van der Waals surface area contributed by atoms with Crippen molar-refractivity contribution in [3.8, 4) is 0 Å². The molecule has 0 amide bonds. The minimum atomic E-state index is 0.474. The smallest absolute Gasteiger partial charge is 0.0600 e. The van der Waals surface area contributed by atoms with E-state index in [9.17, 15) is 0 Å². The zero-order valence-electron chi connectivity index (χ0n) is 12.1. The van der Waals surface area contributed by atoms with Crippen molar-refractivity contribution in [2.75, 3.05) is 33.3 Å². The van der Waals surface area contributed by atoms with E-state index in [-0.39, 0.29) is 0 Å². The maximum atomic E-state index is 5.96. The Morgan fingerprint density at radius 2 is 2.26 bits per heavy atom. The average Bonchev–Trinajstić information content (AvgIpc) is 2.92. The SMILES string of the molecule is CC(Cc1cccs1)N(C)CCOC1CCNCC1. The third kappa shape index (κ3) is 5.22. The predicted molar refractivity (Wildman–Crippen MR) is 82.0 cm³/mol. The molecule has 0 radical (unpaired) electrons. The van der Waals surface area contributed by atoms with Gasteiger partial charge in [0.2, 0.25) is 0 Å². The Kier molecular flexibility index (Phi) is 6.31. The summed E-state index contributed by atoms with van der Waals surface area (Å²) >= 11 is 1.85. The fourth-order valence-electron chi connectivity index (χ4n) is 2.42. The predicted octanol–water partition coefficient (Wildman–Crippen LogP) is 2.38. The van der Waals surface area contributed by atoms with Crippen molar-refractivity contribution < 1.29 is 4.74 Å². The quantitative estimate of drug-likeness (QED) is 0.831. The molecule has 0 spiro atoms. The summed E-state index contributed by atoms with van der Waals surface area (Å²) < 4.78 is 5.96. The first-order chi connectivity index (χ1) is 9.25. The number of ether oxygens (including phenoxy) is 1. The van der Waals surface area contributed by atoms with E-state index in [4.69, 9.17) is 4.74 Å². The summed E-state index contributed by atoms with van der Waals surface area (Å²) in [4.78, 5) is 3.87. The highest BCUT2D eigenvalue weighted by molar-refractivity contribution is 7.09. The maximum absolute atomic E-state index is 5.96. The van der Waals surface area contributed by atoms with Crippen molar-refractivity contribution in [3.05, 3.63) is 22.4 Å². The fraction of sp³-hybridized carbons (Fsp3) is 0.733. The van der Waals surface area contributed by atoms with Crippen LogP contribution in [0.4, 0.5) is 0 Å². The molecule has 1 aromatic rings. The van der Waals surface area contributed by atoms with E-state index in [0.717, 1.165) is 45.5 Å². The Hall–Kier alpha value is -0.420. The zero-order chi connectivity index (χ0) is 13.5. The highest BCUT2D eigenvalue weighted by atomic mass is 32.1. The molecule has 1 fully saturated rings. The van der Waals surface area contributed by atoms with Gasteiger partial charge in [-0.05, 0) is 57.8 Å². The van der Waals surface area contributed by atoms with Gasteiger partial charge < -0.3 is 15.0 Å². The summed E-state index contributed by atoms with van der Waals surface area (Å²) in [6.45, 7) is 6.39. The van der Waals surface area contributed by atoms with E-state index >= 15 is 0 Å². The highest BCUT2D eigenvalue weighted by Gasteiger charge is 2.14. The lowest BCUT2D eigenvalue weighted by molar-refractivity contribution is 0.0192. The number of piperidine rings is 1. The molecule has 108 valence electrons. The lowest BCUT2D eigenvalue weighted by Gasteiger charge is -2.27. The van der Waals surface area contributed by atoms with Gasteiger partial charge in [-0.15, -0.1) is 11.3 Å². The second-order valence-electron chi connectivity index (χ2n) is 5.43. The monoisotopic (exact) mass is 282 g/mol. The van der Waals surface area contributed by atoms with Gasteiger partial charge in [-0.2, -0.15) is 0 Å². The molecule has 1 saturated heterocycles. The van der Waals surface area contributed by atoms with Crippen LogP contribution < -0.4 is 5.32 Å². The average molecular weight is 282 g/mol. The number of likely N-dealkylation sites (N-methyl/N-ethyl adjacent to an activating group) is 1. The lowest BCUT2D eigenvalue weighted by Crippen LogP contribution is -2.36. The first kappa shape index (κ1) is 15.0. The molecule has 0 aromatic carbocycles. The number of hydrogen-bond donors (Lipinski definition) is 1. The first-order valence-electron chi connectivity index (χ1n) is 7.30. The Bertz CT molecular complexity index is 336. The molecule has 2 rings (SSSR count). The fourth-order valence-corrected chi connectivity index (χ4v) is 3.25. The second-order valence-corrected chi connectivity index (χ2v) is 6.47. The van der Waals surface area contributed by atoms with Crippen molar-refractivity contribution in [3.63, 3.8) is 0 Å². The van der Waals surface area contributed by atoms with Crippen molar-refractivity contribution in [2.45, 2.75) is 38.3 Å². The van der Waals surface area contributed by atoms with Gasteiger partial charge in [0, 0.05) is 17.5 Å². The van der Waals surface area contributed by atoms with E-state index in [1.165, 1.54) is 4.88 Å². The normalized spacial score (nSPS) is 18.9. The van der Waals surface area contributed by atoms with Gasteiger partial charge in [0.1, 0.15) is 0 Å². The van der Waals surface area contributed by atoms with Crippen LogP contribution in [0.15, 0.2) is 17.5 Å². The van der Waals surface area contributed by atoms with Gasteiger partial charge in [0.05, 0.1) is 12.7 Å². The molecule has 1 N–H and O–H groups in total. The molecule has 1 atom stereocenters. The van der Waals surface area contributed by atoms with Crippen LogP contribution in [-0.2, 0) is 11.2 Å². The van der Waals surface area contributed by atoms with Gasteiger partial charge in [-0.1, -0.05) is 6.07 Å². The number of rotatable bonds is 7. The van der Waals surface area contributed by atoms with Gasteiger partial charge in [0.25, 0.3) is 0 Å². The summed E-state index contributed by atoms with van der Waals surface area (Å²) in [5.41, 5.74) is 0. The van der Waals surface area contributed by atoms with Crippen molar-refractivity contribution in [2.24, 2.45) is 0 Å². The Balaban J connectivity index is 1.61. The van der Waals surface area contributed by atoms with Crippen molar-refractivity contribution >= 4 is 11.3 Å². The van der Waals surface area contributed by atoms with Crippen molar-refractivity contribution in [1.82, 2.24) is 10.2 Å². The largest absolute Gasteiger partial charge is 0.377 e. The zero-order valence-corrected chi connectivity index (χ0v) is 12.9. The molecule has 0 aliphatic carbocycles. The summed E-state index contributed by atoms with van der Waals surface area (Å²) in [6, 6.07) is 4.93. The highest BCUT2D eigenvalue weighted by Crippen LogP contribution is 2.13. The van der Waals surface area contributed by atoms with Gasteiger partial charge >= 0.3 is 0 Å². The van der Waals surface area contributed by atoms with E-state index in [0.29, 0.717) is 12.1 Å². The standard InChI is InChI=1S/C15H26N2OS/c1-13(12-15-4-3-11-19-15)17(2)9-10-18-14-5-7-16-8-6-14/h3-4,11,13-14,16H,5-10,12H2,1-2H3. The molecular formula is C15H26N2OS. The van der Waals surface area contributed by atoms with Gasteiger partial charge in [-0.25, -0.2) is 0 Å². The number of hydrogen-bond acceptors (Lipinski definition) is 4. The number of nitrogens with one attached hydrogen (secondary N) is 1. The van der Waals surface area contributed by atoms with Crippen LogP contribution in [0.2, 0.25) is 0 Å². The molecule has 2 heterocycles. The molecule has 0 saturated carbocycles. The van der Waals surface area contributed by atoms with Crippen molar-refractivity contribution in [1.29, 1.82) is 0 Å². The molecule has 19 heavy (non-hydrogen) atoms. The van der Waals surface area contributed by atoms with Crippen LogP contribution in [0, 0.1) is 0 Å². The van der Waals surface area contributed by atoms with E-state index in [1.807, 2.05) is 11.3 Å². The number of nitrogens with zero attached hydrogens (tertiary/aromatic N) is 1. The van der Waals surface area contributed by atoms with Crippen LogP contribution in [0.25, 0.3) is 0 Å². The lowest BCUT2D eigenvalue weighted by atomic mass is 10.1. The molecule has 0 bridgehead atoms. The second kappa shape index (κ2) is 8.00. The molecule has 1 aliphatic heterocycles.